The molecule has 0 bridgehead atoms. The molecule has 1 fully saturated rings. The molecule has 2 aromatic heterocycles. The molecule has 26 heavy (non-hydrogen) atoms. The van der Waals surface area contributed by atoms with Crippen LogP contribution in [0.4, 0.5) is 5.95 Å². The molecule has 0 atom stereocenters. The Morgan fingerprint density at radius 2 is 2.00 bits per heavy atom. The number of rotatable bonds is 3. The Morgan fingerprint density at radius 3 is 2.81 bits per heavy atom. The van der Waals surface area contributed by atoms with Crippen molar-refractivity contribution in [3.8, 4) is 11.3 Å². The molecule has 1 N–H and O–H groups in total. The third-order valence-corrected chi connectivity index (χ3v) is 4.71. The first-order valence-electron chi connectivity index (χ1n) is 8.68. The molecule has 1 amide bonds. The van der Waals surface area contributed by atoms with Crippen LogP contribution < -0.4 is 5.32 Å². The molecule has 1 aliphatic carbocycles. The largest absolute Gasteiger partial charge is 0.351 e. The van der Waals surface area contributed by atoms with Crippen LogP contribution in [0.5, 0.6) is 0 Å². The zero-order valence-corrected chi connectivity index (χ0v) is 14.1. The van der Waals surface area contributed by atoms with Gasteiger partial charge in [-0.05, 0) is 18.4 Å². The zero-order valence-electron chi connectivity index (χ0n) is 14.1. The Bertz CT molecular complexity index is 966. The minimum absolute atomic E-state index is 0.190. The summed E-state index contributed by atoms with van der Waals surface area (Å²) in [5, 5.41) is 6.99. The van der Waals surface area contributed by atoms with Gasteiger partial charge in [-0.3, -0.25) is 4.79 Å². The van der Waals surface area contributed by atoms with E-state index in [1.807, 2.05) is 30.5 Å². The molecule has 0 spiro atoms. The van der Waals surface area contributed by atoms with Crippen LogP contribution in [-0.4, -0.2) is 32.0 Å². The molecule has 1 aliphatic heterocycles. The fourth-order valence-electron chi connectivity index (χ4n) is 3.22. The number of hydrogen-bond donors (Lipinski definition) is 1. The van der Waals surface area contributed by atoms with Crippen molar-refractivity contribution in [1.82, 2.24) is 20.0 Å². The van der Waals surface area contributed by atoms with Gasteiger partial charge in [-0.2, -0.15) is 0 Å². The van der Waals surface area contributed by atoms with Crippen molar-refractivity contribution in [3.05, 3.63) is 59.6 Å². The number of nitrogens with one attached hydrogen (secondary N) is 1. The molecular formula is C19H17N5O2. The molecule has 7 nitrogen and oxygen atoms in total. The number of nitrogens with zero attached hydrogens (tertiary/aromatic N) is 4. The molecule has 0 radical (unpaired) electrons. The minimum Gasteiger partial charge on any atom is -0.351 e. The lowest BCUT2D eigenvalue weighted by Gasteiger charge is -2.19. The van der Waals surface area contributed by atoms with Crippen LogP contribution in [0.25, 0.3) is 11.3 Å². The van der Waals surface area contributed by atoms with Crippen molar-refractivity contribution in [2.24, 2.45) is 0 Å². The van der Waals surface area contributed by atoms with E-state index in [2.05, 4.69) is 15.5 Å². The van der Waals surface area contributed by atoms with Crippen molar-refractivity contribution < 1.29 is 9.32 Å². The predicted molar refractivity (Wildman–Crippen MR) is 94.2 cm³/mol. The highest BCUT2D eigenvalue weighted by Gasteiger charge is 2.27. The Labute approximate surface area is 150 Å². The van der Waals surface area contributed by atoms with Gasteiger partial charge in [0.2, 0.25) is 11.7 Å². The summed E-state index contributed by atoms with van der Waals surface area (Å²) < 4.78 is 5.05. The van der Waals surface area contributed by atoms with Gasteiger partial charge in [0.05, 0.1) is 18.4 Å². The highest BCUT2D eigenvalue weighted by atomic mass is 16.5. The van der Waals surface area contributed by atoms with Crippen LogP contribution >= 0.6 is 0 Å². The monoisotopic (exact) mass is 347 g/mol. The summed E-state index contributed by atoms with van der Waals surface area (Å²) in [5.74, 6) is 0.695. The minimum atomic E-state index is -0.190. The van der Waals surface area contributed by atoms with Crippen LogP contribution in [0.15, 0.2) is 47.2 Å². The summed E-state index contributed by atoms with van der Waals surface area (Å²) in [6.45, 7) is 0.907. The molecule has 2 aliphatic rings. The number of carbonyl (C=O) groups is 1. The lowest BCUT2D eigenvalue weighted by molar-refractivity contribution is 0.0689. The topological polar surface area (TPSA) is 84.2 Å². The number of anilines is 1. The summed E-state index contributed by atoms with van der Waals surface area (Å²) in [4.78, 5) is 23.7. The molecule has 7 heteroatoms. The average molecular weight is 347 g/mol. The van der Waals surface area contributed by atoms with Gasteiger partial charge in [0.15, 0.2) is 0 Å². The van der Waals surface area contributed by atoms with E-state index in [0.29, 0.717) is 25.1 Å². The van der Waals surface area contributed by atoms with E-state index in [0.717, 1.165) is 35.2 Å². The summed E-state index contributed by atoms with van der Waals surface area (Å²) in [7, 11) is 0. The maximum absolute atomic E-state index is 12.8. The molecule has 0 saturated heterocycles. The van der Waals surface area contributed by atoms with Crippen LogP contribution in [0.3, 0.4) is 0 Å². The molecule has 0 unspecified atom stereocenters. The van der Waals surface area contributed by atoms with Gasteiger partial charge in [0, 0.05) is 36.0 Å². The standard InChI is InChI=1S/C19H17N5O2/c25-18(16-7-8-21-26-16)24-10-12-3-1-2-4-15(12)17-13(11-24)9-20-19(23-17)22-14-5-6-14/h1-4,7-9,14H,5-6,10-11H2,(H,20,22,23). The number of fused-ring (bicyclic) bond motifs is 3. The lowest BCUT2D eigenvalue weighted by Crippen LogP contribution is -2.29. The van der Waals surface area contributed by atoms with E-state index in [9.17, 15) is 4.79 Å². The molecule has 1 saturated carbocycles. The van der Waals surface area contributed by atoms with Crippen molar-refractivity contribution in [3.63, 3.8) is 0 Å². The molecule has 3 aromatic rings. The van der Waals surface area contributed by atoms with Crippen molar-refractivity contribution in [1.29, 1.82) is 0 Å². The predicted octanol–water partition coefficient (Wildman–Crippen LogP) is 2.86. The van der Waals surface area contributed by atoms with Gasteiger partial charge in [-0.1, -0.05) is 29.4 Å². The maximum atomic E-state index is 12.8. The van der Waals surface area contributed by atoms with Crippen LogP contribution in [-0.2, 0) is 13.1 Å². The van der Waals surface area contributed by atoms with Gasteiger partial charge in [-0.25, -0.2) is 9.97 Å². The summed E-state index contributed by atoms with van der Waals surface area (Å²) in [6, 6.07) is 10.1. The summed E-state index contributed by atoms with van der Waals surface area (Å²) in [5.41, 5.74) is 3.89. The van der Waals surface area contributed by atoms with Gasteiger partial charge >= 0.3 is 0 Å². The first-order chi connectivity index (χ1) is 12.8. The number of benzene rings is 1. The van der Waals surface area contributed by atoms with E-state index in [-0.39, 0.29) is 11.7 Å². The van der Waals surface area contributed by atoms with Gasteiger partial charge < -0.3 is 14.7 Å². The fourth-order valence-corrected chi connectivity index (χ4v) is 3.22. The molecular weight excluding hydrogens is 330 g/mol. The second-order valence-electron chi connectivity index (χ2n) is 6.68. The van der Waals surface area contributed by atoms with E-state index < -0.39 is 0 Å². The first-order valence-corrected chi connectivity index (χ1v) is 8.68. The lowest BCUT2D eigenvalue weighted by atomic mass is 10.0. The fraction of sp³-hybridized carbons (Fsp3) is 0.263. The van der Waals surface area contributed by atoms with Gasteiger partial charge in [-0.15, -0.1) is 0 Å². The second-order valence-corrected chi connectivity index (χ2v) is 6.68. The zero-order chi connectivity index (χ0) is 17.5. The second kappa shape index (κ2) is 5.94. The number of carbonyl (C=O) groups excluding carboxylic acids is 1. The summed E-state index contributed by atoms with van der Waals surface area (Å²) in [6.07, 6.45) is 5.62. The SMILES string of the molecule is O=C(c1ccno1)N1Cc2ccccc2-c2nc(NC3CC3)ncc2C1. The number of hydrogen-bond acceptors (Lipinski definition) is 6. The van der Waals surface area contributed by atoms with Crippen LogP contribution in [0.2, 0.25) is 0 Å². The van der Waals surface area contributed by atoms with E-state index in [1.54, 1.807) is 11.0 Å². The Morgan fingerprint density at radius 1 is 1.15 bits per heavy atom. The van der Waals surface area contributed by atoms with Crippen LogP contribution in [0.1, 0.15) is 34.5 Å². The highest BCUT2D eigenvalue weighted by molar-refractivity contribution is 5.91. The average Bonchev–Trinajstić information content (AvgIpc) is 3.34. The molecule has 130 valence electrons. The van der Waals surface area contributed by atoms with Gasteiger partial charge in [0.1, 0.15) is 0 Å². The first kappa shape index (κ1) is 15.1. The van der Waals surface area contributed by atoms with Crippen molar-refractivity contribution in [2.45, 2.75) is 32.0 Å². The maximum Gasteiger partial charge on any atom is 0.293 e. The molecule has 5 rings (SSSR count). The smallest absolute Gasteiger partial charge is 0.293 e. The van der Waals surface area contributed by atoms with E-state index >= 15 is 0 Å². The van der Waals surface area contributed by atoms with E-state index in [1.165, 1.54) is 6.20 Å². The number of aromatic nitrogens is 3. The normalized spacial score (nSPS) is 15.8. The Hall–Kier alpha value is -3.22. The Kier molecular flexibility index (Phi) is 3.44. The third kappa shape index (κ3) is 2.71. The van der Waals surface area contributed by atoms with Gasteiger partial charge in [0.25, 0.3) is 5.91 Å². The van der Waals surface area contributed by atoms with E-state index in [4.69, 9.17) is 9.51 Å². The Balaban J connectivity index is 1.57. The summed E-state index contributed by atoms with van der Waals surface area (Å²) >= 11 is 0. The van der Waals surface area contributed by atoms with Crippen molar-refractivity contribution >= 4 is 11.9 Å². The quantitative estimate of drug-likeness (QED) is 0.784. The third-order valence-electron chi connectivity index (χ3n) is 4.71. The highest BCUT2D eigenvalue weighted by Crippen LogP contribution is 2.33. The van der Waals surface area contributed by atoms with Crippen molar-refractivity contribution in [2.75, 3.05) is 5.32 Å². The number of amides is 1. The van der Waals surface area contributed by atoms with Crippen LogP contribution in [0, 0.1) is 0 Å². The molecule has 1 aromatic carbocycles. The molecule has 3 heterocycles.